The normalized spacial score (nSPS) is 11.6. The fraction of sp³-hybridized carbons (Fsp3) is 0.217. The Bertz CT molecular complexity index is 1170. The van der Waals surface area contributed by atoms with Gasteiger partial charge in [0.05, 0.1) is 10.9 Å². The van der Waals surface area contributed by atoms with Crippen molar-refractivity contribution in [1.82, 2.24) is 9.97 Å². The summed E-state index contributed by atoms with van der Waals surface area (Å²) in [6.45, 7) is 7.68. The van der Waals surface area contributed by atoms with Crippen molar-refractivity contribution >= 4 is 23.4 Å². The van der Waals surface area contributed by atoms with Crippen LogP contribution in [-0.2, 0) is 4.79 Å². The molecule has 0 spiro atoms. The number of carbonyl (C=O) groups excluding carboxylic acids is 1. The summed E-state index contributed by atoms with van der Waals surface area (Å²) in [5, 5.41) is 12.1. The summed E-state index contributed by atoms with van der Waals surface area (Å²) in [5.41, 5.74) is 4.33. The summed E-state index contributed by atoms with van der Waals surface area (Å²) in [4.78, 5) is 32.2. The first-order valence-corrected chi connectivity index (χ1v) is 10.3. The highest BCUT2D eigenvalue weighted by atomic mass is 32.2. The molecule has 2 aromatic carbocycles. The average Bonchev–Trinajstić information content (AvgIpc) is 2.70. The van der Waals surface area contributed by atoms with Crippen LogP contribution in [0.1, 0.15) is 29.2 Å². The molecule has 0 aliphatic carbocycles. The van der Waals surface area contributed by atoms with Gasteiger partial charge in [-0.1, -0.05) is 59.8 Å². The molecule has 0 aliphatic heterocycles. The van der Waals surface area contributed by atoms with E-state index in [1.165, 1.54) is 0 Å². The Kier molecular flexibility index (Phi) is 6.38. The van der Waals surface area contributed by atoms with Gasteiger partial charge in [-0.05, 0) is 38.8 Å². The number of amides is 1. The summed E-state index contributed by atoms with van der Waals surface area (Å²) in [7, 11) is 0. The van der Waals surface area contributed by atoms with Crippen LogP contribution in [0.3, 0.4) is 0 Å². The second kappa shape index (κ2) is 8.97. The van der Waals surface area contributed by atoms with Crippen molar-refractivity contribution in [2.45, 2.75) is 38.1 Å². The average molecular weight is 419 g/mol. The summed E-state index contributed by atoms with van der Waals surface area (Å²) >= 11 is 1.14. The Morgan fingerprint density at radius 2 is 1.80 bits per heavy atom. The number of carbonyl (C=O) groups is 1. The summed E-state index contributed by atoms with van der Waals surface area (Å²) in [6.07, 6.45) is 0. The Morgan fingerprint density at radius 3 is 2.40 bits per heavy atom. The van der Waals surface area contributed by atoms with Gasteiger partial charge in [0.25, 0.3) is 5.56 Å². The highest BCUT2D eigenvalue weighted by Crippen LogP contribution is 2.26. The van der Waals surface area contributed by atoms with Gasteiger partial charge in [-0.25, -0.2) is 4.98 Å². The van der Waals surface area contributed by atoms with Crippen LogP contribution in [0.2, 0.25) is 0 Å². The lowest BCUT2D eigenvalue weighted by molar-refractivity contribution is -0.115. The standard InChI is InChI=1S/C23H22N4O2S/c1-13-10-14(2)19(15(3)11-13)25-21(28)16(4)30-23-26-20(17-8-6-5-7-9-17)18(12-24)22(29)27-23/h5-11,16H,1-4H3,(H,25,28)(H,26,27,29). The predicted molar refractivity (Wildman–Crippen MR) is 120 cm³/mol. The molecule has 0 radical (unpaired) electrons. The number of rotatable bonds is 5. The summed E-state index contributed by atoms with van der Waals surface area (Å²) < 4.78 is 0. The minimum Gasteiger partial charge on any atom is -0.325 e. The van der Waals surface area contributed by atoms with Crippen LogP contribution in [0, 0.1) is 32.1 Å². The summed E-state index contributed by atoms with van der Waals surface area (Å²) in [6, 6.07) is 15.0. The van der Waals surface area contributed by atoms with Crippen molar-refractivity contribution < 1.29 is 4.79 Å². The van der Waals surface area contributed by atoms with Gasteiger partial charge in [0.2, 0.25) is 5.91 Å². The van der Waals surface area contributed by atoms with Gasteiger partial charge >= 0.3 is 0 Å². The lowest BCUT2D eigenvalue weighted by Crippen LogP contribution is -2.24. The van der Waals surface area contributed by atoms with Crippen LogP contribution in [0.4, 0.5) is 5.69 Å². The number of nitrogens with zero attached hydrogens (tertiary/aromatic N) is 2. The third kappa shape index (κ3) is 4.61. The smallest absolute Gasteiger partial charge is 0.270 e. The predicted octanol–water partition coefficient (Wildman–Crippen LogP) is 4.35. The molecular weight excluding hydrogens is 396 g/mol. The van der Waals surface area contributed by atoms with E-state index in [2.05, 4.69) is 15.3 Å². The highest BCUT2D eigenvalue weighted by molar-refractivity contribution is 8.00. The number of H-pyrrole nitrogens is 1. The molecule has 3 aromatic rings. The van der Waals surface area contributed by atoms with E-state index >= 15 is 0 Å². The van der Waals surface area contributed by atoms with E-state index in [4.69, 9.17) is 0 Å². The monoisotopic (exact) mass is 418 g/mol. The molecule has 7 heteroatoms. The lowest BCUT2D eigenvalue weighted by Gasteiger charge is -2.16. The number of aromatic amines is 1. The highest BCUT2D eigenvalue weighted by Gasteiger charge is 2.20. The Morgan fingerprint density at radius 1 is 1.17 bits per heavy atom. The van der Waals surface area contributed by atoms with Gasteiger partial charge in [0.15, 0.2) is 5.16 Å². The number of aryl methyl sites for hydroxylation is 3. The van der Waals surface area contributed by atoms with Gasteiger partial charge in [-0.15, -0.1) is 0 Å². The van der Waals surface area contributed by atoms with Crippen molar-refractivity contribution in [3.05, 3.63) is 75.1 Å². The van der Waals surface area contributed by atoms with E-state index in [1.54, 1.807) is 19.1 Å². The van der Waals surface area contributed by atoms with Crippen molar-refractivity contribution in [3.8, 4) is 17.3 Å². The van der Waals surface area contributed by atoms with Gasteiger partial charge in [0, 0.05) is 11.3 Å². The maximum atomic E-state index is 12.8. The molecule has 1 aromatic heterocycles. The minimum absolute atomic E-state index is 0.0476. The number of hydrogen-bond acceptors (Lipinski definition) is 5. The zero-order valence-corrected chi connectivity index (χ0v) is 18.1. The van der Waals surface area contributed by atoms with E-state index < -0.39 is 10.8 Å². The second-order valence-corrected chi connectivity index (χ2v) is 8.43. The van der Waals surface area contributed by atoms with Crippen molar-refractivity contribution in [3.63, 3.8) is 0 Å². The molecule has 0 bridgehead atoms. The zero-order chi connectivity index (χ0) is 21.8. The molecule has 0 fully saturated rings. The van der Waals surface area contributed by atoms with E-state index in [0.717, 1.165) is 34.1 Å². The molecular formula is C23H22N4O2S. The van der Waals surface area contributed by atoms with Crippen LogP contribution in [-0.4, -0.2) is 21.1 Å². The molecule has 30 heavy (non-hydrogen) atoms. The van der Waals surface area contributed by atoms with Crippen LogP contribution < -0.4 is 10.9 Å². The third-order valence-electron chi connectivity index (χ3n) is 4.64. The first-order chi connectivity index (χ1) is 14.3. The third-order valence-corrected chi connectivity index (χ3v) is 5.62. The lowest BCUT2D eigenvalue weighted by atomic mass is 10.1. The Hall–Kier alpha value is -3.37. The van der Waals surface area contributed by atoms with Crippen molar-refractivity contribution in [2.24, 2.45) is 0 Å². The van der Waals surface area contributed by atoms with Gasteiger partial charge in [-0.2, -0.15) is 5.26 Å². The van der Waals surface area contributed by atoms with Gasteiger partial charge in [0.1, 0.15) is 11.6 Å². The van der Waals surface area contributed by atoms with Gasteiger partial charge < -0.3 is 10.3 Å². The van der Waals surface area contributed by atoms with E-state index in [9.17, 15) is 14.9 Å². The van der Waals surface area contributed by atoms with Crippen LogP contribution in [0.25, 0.3) is 11.3 Å². The molecule has 1 atom stereocenters. The topological polar surface area (TPSA) is 98.6 Å². The van der Waals surface area contributed by atoms with Gasteiger partial charge in [-0.3, -0.25) is 9.59 Å². The Balaban J connectivity index is 1.86. The molecule has 6 nitrogen and oxygen atoms in total. The number of anilines is 1. The largest absolute Gasteiger partial charge is 0.325 e. The second-order valence-electron chi connectivity index (χ2n) is 7.10. The molecule has 0 aliphatic rings. The molecule has 0 saturated carbocycles. The first-order valence-electron chi connectivity index (χ1n) is 9.45. The number of benzene rings is 2. The number of hydrogen-bond donors (Lipinski definition) is 2. The fourth-order valence-electron chi connectivity index (χ4n) is 3.24. The van der Waals surface area contributed by atoms with Crippen molar-refractivity contribution in [1.29, 1.82) is 5.26 Å². The number of aromatic nitrogens is 2. The molecule has 152 valence electrons. The van der Waals surface area contributed by atoms with E-state index in [1.807, 2.05) is 57.2 Å². The van der Waals surface area contributed by atoms with E-state index in [-0.39, 0.29) is 16.6 Å². The SMILES string of the molecule is Cc1cc(C)c(NC(=O)C(C)Sc2nc(-c3ccccc3)c(C#N)c(=O)[nH]2)c(C)c1. The van der Waals surface area contributed by atoms with Crippen LogP contribution in [0.15, 0.2) is 52.4 Å². The quantitative estimate of drug-likeness (QED) is 0.474. The maximum Gasteiger partial charge on any atom is 0.270 e. The number of nitriles is 1. The minimum atomic E-state index is -0.522. The van der Waals surface area contributed by atoms with Crippen molar-refractivity contribution in [2.75, 3.05) is 5.32 Å². The molecule has 0 saturated heterocycles. The van der Waals surface area contributed by atoms with E-state index in [0.29, 0.717) is 11.3 Å². The van der Waals surface area contributed by atoms with Crippen LogP contribution in [0.5, 0.6) is 0 Å². The Labute approximate surface area is 179 Å². The molecule has 1 unspecified atom stereocenters. The molecule has 3 rings (SSSR count). The number of nitrogens with one attached hydrogen (secondary N) is 2. The summed E-state index contributed by atoms with van der Waals surface area (Å²) in [5.74, 6) is -0.191. The molecule has 1 heterocycles. The zero-order valence-electron chi connectivity index (χ0n) is 17.2. The fourth-order valence-corrected chi connectivity index (χ4v) is 4.04. The number of thioether (sulfide) groups is 1. The first kappa shape index (κ1) is 21.3. The molecule has 1 amide bonds. The maximum absolute atomic E-state index is 12.8. The molecule has 2 N–H and O–H groups in total. The van der Waals surface area contributed by atoms with Crippen LogP contribution >= 0.6 is 11.8 Å².